The van der Waals surface area contributed by atoms with Crippen LogP contribution in [0.3, 0.4) is 0 Å². The predicted octanol–water partition coefficient (Wildman–Crippen LogP) is 2.70. The molecule has 0 saturated heterocycles. The molecule has 2 nitrogen and oxygen atoms in total. The summed E-state index contributed by atoms with van der Waals surface area (Å²) in [5.41, 5.74) is 0. The SMILES string of the molecule is CC(NCCS(=O)C(C)(C)C)C1CCCC1. The minimum Gasteiger partial charge on any atom is -0.313 e. The van der Waals surface area contributed by atoms with E-state index < -0.39 is 10.8 Å². The summed E-state index contributed by atoms with van der Waals surface area (Å²) >= 11 is 0. The van der Waals surface area contributed by atoms with E-state index >= 15 is 0 Å². The first kappa shape index (κ1) is 14.2. The van der Waals surface area contributed by atoms with Gasteiger partial charge in [0.2, 0.25) is 0 Å². The summed E-state index contributed by atoms with van der Waals surface area (Å²) in [5.74, 6) is 1.63. The topological polar surface area (TPSA) is 29.1 Å². The van der Waals surface area contributed by atoms with E-state index in [-0.39, 0.29) is 4.75 Å². The molecule has 0 spiro atoms. The van der Waals surface area contributed by atoms with Crippen molar-refractivity contribution >= 4 is 10.8 Å². The molecule has 0 radical (unpaired) electrons. The van der Waals surface area contributed by atoms with Crippen molar-refractivity contribution < 1.29 is 4.21 Å². The van der Waals surface area contributed by atoms with Crippen LogP contribution in [0.15, 0.2) is 0 Å². The standard InChI is InChI=1S/C13H27NOS/c1-11(12-7-5-6-8-12)14-9-10-16(15)13(2,3)4/h11-12,14H,5-10H2,1-4H3. The maximum absolute atomic E-state index is 11.8. The number of hydrogen-bond donors (Lipinski definition) is 1. The van der Waals surface area contributed by atoms with Gasteiger partial charge in [-0.05, 0) is 46.5 Å². The molecule has 1 aliphatic rings. The molecule has 1 rings (SSSR count). The first-order valence-electron chi connectivity index (χ1n) is 6.53. The lowest BCUT2D eigenvalue weighted by Crippen LogP contribution is -2.37. The van der Waals surface area contributed by atoms with Crippen LogP contribution in [0.25, 0.3) is 0 Å². The molecule has 1 N–H and O–H groups in total. The Balaban J connectivity index is 2.17. The van der Waals surface area contributed by atoms with Crippen LogP contribution in [0.2, 0.25) is 0 Å². The van der Waals surface area contributed by atoms with Crippen LogP contribution in [0, 0.1) is 5.92 Å². The van der Waals surface area contributed by atoms with Gasteiger partial charge in [-0.25, -0.2) is 0 Å². The lowest BCUT2D eigenvalue weighted by atomic mass is 10.00. The lowest BCUT2D eigenvalue weighted by Gasteiger charge is -2.22. The second kappa shape index (κ2) is 6.15. The molecule has 0 aromatic carbocycles. The van der Waals surface area contributed by atoms with E-state index in [1.165, 1.54) is 25.7 Å². The summed E-state index contributed by atoms with van der Waals surface area (Å²) in [5, 5.41) is 3.53. The fourth-order valence-electron chi connectivity index (χ4n) is 2.31. The Kier molecular flexibility index (Phi) is 5.45. The lowest BCUT2D eigenvalue weighted by molar-refractivity contribution is 0.389. The van der Waals surface area contributed by atoms with Gasteiger partial charge in [0.15, 0.2) is 0 Å². The molecule has 0 heterocycles. The Bertz CT molecular complexity index is 229. The molecule has 0 bridgehead atoms. The maximum atomic E-state index is 11.8. The largest absolute Gasteiger partial charge is 0.313 e. The number of hydrogen-bond acceptors (Lipinski definition) is 2. The van der Waals surface area contributed by atoms with E-state index in [0.717, 1.165) is 18.2 Å². The molecule has 2 atom stereocenters. The van der Waals surface area contributed by atoms with Gasteiger partial charge in [0.25, 0.3) is 0 Å². The molecule has 16 heavy (non-hydrogen) atoms. The monoisotopic (exact) mass is 245 g/mol. The van der Waals surface area contributed by atoms with E-state index in [2.05, 4.69) is 12.2 Å². The Morgan fingerprint density at radius 2 is 1.88 bits per heavy atom. The summed E-state index contributed by atoms with van der Waals surface area (Å²) in [7, 11) is -0.718. The third-order valence-electron chi connectivity index (χ3n) is 3.54. The van der Waals surface area contributed by atoms with Gasteiger partial charge < -0.3 is 5.32 Å². The van der Waals surface area contributed by atoms with Gasteiger partial charge >= 0.3 is 0 Å². The fourth-order valence-corrected chi connectivity index (χ4v) is 3.23. The van der Waals surface area contributed by atoms with Crippen molar-refractivity contribution in [1.29, 1.82) is 0 Å². The molecule has 0 amide bonds. The molecule has 2 unspecified atom stereocenters. The normalized spacial score (nSPS) is 22.2. The van der Waals surface area contributed by atoms with Crippen LogP contribution in [0.5, 0.6) is 0 Å². The van der Waals surface area contributed by atoms with E-state index in [1.54, 1.807) is 0 Å². The van der Waals surface area contributed by atoms with E-state index in [4.69, 9.17) is 0 Å². The van der Waals surface area contributed by atoms with Crippen LogP contribution in [0.1, 0.15) is 53.4 Å². The second-order valence-corrected chi connectivity index (χ2v) is 8.27. The van der Waals surface area contributed by atoms with Crippen LogP contribution >= 0.6 is 0 Å². The third-order valence-corrected chi connectivity index (χ3v) is 5.48. The number of nitrogens with one attached hydrogen (secondary N) is 1. The fraction of sp³-hybridized carbons (Fsp3) is 1.00. The summed E-state index contributed by atoms with van der Waals surface area (Å²) in [4.78, 5) is 0. The molecule has 96 valence electrons. The van der Waals surface area contributed by atoms with Crippen molar-refractivity contribution in [3.05, 3.63) is 0 Å². The number of rotatable bonds is 5. The zero-order valence-corrected chi connectivity index (χ0v) is 12.0. The molecule has 1 aliphatic carbocycles. The van der Waals surface area contributed by atoms with E-state index in [0.29, 0.717) is 6.04 Å². The van der Waals surface area contributed by atoms with Crippen molar-refractivity contribution in [2.24, 2.45) is 5.92 Å². The third kappa shape index (κ3) is 4.54. The molecule has 1 fully saturated rings. The van der Waals surface area contributed by atoms with Gasteiger partial charge in [0.1, 0.15) is 0 Å². The highest BCUT2D eigenvalue weighted by Gasteiger charge is 2.22. The summed E-state index contributed by atoms with van der Waals surface area (Å²) in [6, 6.07) is 0.597. The average Bonchev–Trinajstić information content (AvgIpc) is 2.68. The van der Waals surface area contributed by atoms with E-state index in [1.807, 2.05) is 20.8 Å². The zero-order valence-electron chi connectivity index (χ0n) is 11.2. The Labute approximate surface area is 103 Å². The minimum absolute atomic E-state index is 0.0712. The smallest absolute Gasteiger partial charge is 0.0375 e. The van der Waals surface area contributed by atoms with Gasteiger partial charge in [0.05, 0.1) is 0 Å². The zero-order chi connectivity index (χ0) is 12.2. The van der Waals surface area contributed by atoms with Crippen molar-refractivity contribution in [1.82, 2.24) is 5.32 Å². The van der Waals surface area contributed by atoms with Crippen LogP contribution in [0.4, 0.5) is 0 Å². The van der Waals surface area contributed by atoms with Gasteiger partial charge in [-0.15, -0.1) is 0 Å². The van der Waals surface area contributed by atoms with E-state index in [9.17, 15) is 4.21 Å². The van der Waals surface area contributed by atoms with Crippen LogP contribution in [-0.4, -0.2) is 27.3 Å². The molecule has 0 aromatic heterocycles. The second-order valence-electron chi connectivity index (χ2n) is 5.95. The van der Waals surface area contributed by atoms with Crippen LogP contribution in [-0.2, 0) is 10.8 Å². The Morgan fingerprint density at radius 1 is 1.31 bits per heavy atom. The van der Waals surface area contributed by atoms with Crippen LogP contribution < -0.4 is 5.32 Å². The molecular weight excluding hydrogens is 218 g/mol. The highest BCUT2D eigenvalue weighted by Crippen LogP contribution is 2.27. The molecule has 0 aliphatic heterocycles. The summed E-state index contributed by atoms with van der Waals surface area (Å²) in [6.07, 6.45) is 5.53. The Hall–Kier alpha value is 0.110. The summed E-state index contributed by atoms with van der Waals surface area (Å²) < 4.78 is 11.8. The van der Waals surface area contributed by atoms with Crippen molar-refractivity contribution in [3.8, 4) is 0 Å². The molecular formula is C13H27NOS. The van der Waals surface area contributed by atoms with Crippen molar-refractivity contribution in [2.45, 2.75) is 64.2 Å². The molecule has 3 heteroatoms. The highest BCUT2D eigenvalue weighted by molar-refractivity contribution is 7.86. The highest BCUT2D eigenvalue weighted by atomic mass is 32.2. The Morgan fingerprint density at radius 3 is 2.38 bits per heavy atom. The quantitative estimate of drug-likeness (QED) is 0.807. The van der Waals surface area contributed by atoms with Gasteiger partial charge in [0, 0.05) is 33.9 Å². The summed E-state index contributed by atoms with van der Waals surface area (Å²) in [6.45, 7) is 9.30. The molecule has 0 aromatic rings. The maximum Gasteiger partial charge on any atom is 0.0375 e. The van der Waals surface area contributed by atoms with Gasteiger partial charge in [-0.3, -0.25) is 4.21 Å². The molecule has 1 saturated carbocycles. The first-order valence-corrected chi connectivity index (χ1v) is 7.85. The van der Waals surface area contributed by atoms with Crippen molar-refractivity contribution in [2.75, 3.05) is 12.3 Å². The first-order chi connectivity index (χ1) is 7.41. The van der Waals surface area contributed by atoms with Gasteiger partial charge in [-0.1, -0.05) is 12.8 Å². The van der Waals surface area contributed by atoms with Crippen molar-refractivity contribution in [3.63, 3.8) is 0 Å². The minimum atomic E-state index is -0.718. The average molecular weight is 245 g/mol. The predicted molar refractivity (Wildman–Crippen MR) is 72.2 cm³/mol. The van der Waals surface area contributed by atoms with Gasteiger partial charge in [-0.2, -0.15) is 0 Å².